The molecule has 0 spiro atoms. The van der Waals surface area contributed by atoms with Crippen LogP contribution in [0.2, 0.25) is 0 Å². The lowest BCUT2D eigenvalue weighted by Gasteiger charge is -2.06. The monoisotopic (exact) mass is 203 g/mol. The minimum Gasteiger partial charge on any atom is -0.256 e. The summed E-state index contributed by atoms with van der Waals surface area (Å²) in [5.74, 6) is 0. The second-order valence-corrected chi connectivity index (χ2v) is 4.14. The van der Waals surface area contributed by atoms with Gasteiger partial charge in [0, 0.05) is 11.4 Å². The SMILES string of the molecule is C1=Nc2cc3cccc4cccc(c2=C1)c43. The average molecular weight is 203 g/mol. The van der Waals surface area contributed by atoms with Crippen LogP contribution in [0.3, 0.4) is 0 Å². The van der Waals surface area contributed by atoms with Gasteiger partial charge in [-0.25, -0.2) is 0 Å². The molecule has 0 aliphatic carbocycles. The number of fused-ring (bicyclic) bond motifs is 2. The van der Waals surface area contributed by atoms with Crippen LogP contribution in [0.1, 0.15) is 0 Å². The maximum absolute atomic E-state index is 4.39. The molecule has 1 aliphatic heterocycles. The van der Waals surface area contributed by atoms with Gasteiger partial charge in [-0.15, -0.1) is 0 Å². The first-order valence-electron chi connectivity index (χ1n) is 5.42. The summed E-state index contributed by atoms with van der Waals surface area (Å²) in [7, 11) is 0. The molecule has 4 rings (SSSR count). The third-order valence-electron chi connectivity index (χ3n) is 3.25. The predicted molar refractivity (Wildman–Crippen MR) is 69.3 cm³/mol. The summed E-state index contributed by atoms with van der Waals surface area (Å²) >= 11 is 0. The molecule has 1 heteroatoms. The summed E-state index contributed by atoms with van der Waals surface area (Å²) in [5.41, 5.74) is 1.09. The third kappa shape index (κ3) is 0.878. The number of hydrogen-bond acceptors (Lipinski definition) is 1. The van der Waals surface area contributed by atoms with Gasteiger partial charge >= 0.3 is 0 Å². The van der Waals surface area contributed by atoms with Crippen molar-refractivity contribution in [1.29, 1.82) is 0 Å². The highest BCUT2D eigenvalue weighted by Gasteiger charge is 2.07. The maximum Gasteiger partial charge on any atom is 0.0714 e. The minimum atomic E-state index is 1.09. The molecular formula is C15H9N. The molecule has 0 saturated heterocycles. The number of hydrogen-bond donors (Lipinski definition) is 0. The molecule has 0 N–H and O–H groups in total. The Morgan fingerprint density at radius 2 is 1.69 bits per heavy atom. The van der Waals surface area contributed by atoms with Gasteiger partial charge in [0.1, 0.15) is 0 Å². The number of benzene rings is 3. The van der Waals surface area contributed by atoms with Crippen LogP contribution < -0.4 is 5.22 Å². The Hall–Kier alpha value is -2.15. The van der Waals surface area contributed by atoms with Crippen molar-refractivity contribution in [1.82, 2.24) is 0 Å². The molecule has 3 aromatic rings. The number of aliphatic imine (C=N–C) groups is 1. The zero-order valence-electron chi connectivity index (χ0n) is 8.64. The first-order valence-corrected chi connectivity index (χ1v) is 5.42. The molecule has 3 aromatic carbocycles. The van der Waals surface area contributed by atoms with E-state index in [-0.39, 0.29) is 0 Å². The summed E-state index contributed by atoms with van der Waals surface area (Å²) in [6.45, 7) is 0. The average Bonchev–Trinajstić information content (AvgIpc) is 2.78. The van der Waals surface area contributed by atoms with Crippen molar-refractivity contribution >= 4 is 39.5 Å². The molecular weight excluding hydrogens is 194 g/mol. The molecule has 0 bridgehead atoms. The van der Waals surface area contributed by atoms with Crippen LogP contribution >= 0.6 is 0 Å². The van der Waals surface area contributed by atoms with E-state index in [0.717, 1.165) is 5.69 Å². The zero-order chi connectivity index (χ0) is 10.5. The molecule has 0 fully saturated rings. The molecule has 0 radical (unpaired) electrons. The summed E-state index contributed by atoms with van der Waals surface area (Å²) in [5, 5.41) is 6.50. The Kier molecular flexibility index (Phi) is 1.36. The van der Waals surface area contributed by atoms with E-state index < -0.39 is 0 Å². The van der Waals surface area contributed by atoms with E-state index in [1.807, 2.05) is 6.21 Å². The third-order valence-corrected chi connectivity index (χ3v) is 3.25. The van der Waals surface area contributed by atoms with Crippen LogP contribution in [0.4, 0.5) is 5.69 Å². The molecule has 0 aromatic heterocycles. The van der Waals surface area contributed by atoms with Gasteiger partial charge in [0.25, 0.3) is 0 Å². The van der Waals surface area contributed by atoms with E-state index in [1.54, 1.807) is 0 Å². The smallest absolute Gasteiger partial charge is 0.0714 e. The lowest BCUT2D eigenvalue weighted by atomic mass is 9.98. The minimum absolute atomic E-state index is 1.09. The van der Waals surface area contributed by atoms with Gasteiger partial charge < -0.3 is 0 Å². The van der Waals surface area contributed by atoms with Gasteiger partial charge in [0.05, 0.1) is 5.69 Å². The molecule has 1 nitrogen and oxygen atoms in total. The molecule has 74 valence electrons. The summed E-state index contributed by atoms with van der Waals surface area (Å²) < 4.78 is 0. The van der Waals surface area contributed by atoms with Gasteiger partial charge in [-0.1, -0.05) is 36.4 Å². The first kappa shape index (κ1) is 8.05. The zero-order valence-corrected chi connectivity index (χ0v) is 8.64. The fraction of sp³-hybridized carbons (Fsp3) is 0. The predicted octanol–water partition coefficient (Wildman–Crippen LogP) is 3.21. The van der Waals surface area contributed by atoms with Crippen molar-refractivity contribution in [3.05, 3.63) is 47.7 Å². The molecule has 0 amide bonds. The quantitative estimate of drug-likeness (QED) is 0.532. The van der Waals surface area contributed by atoms with Crippen molar-refractivity contribution in [3.8, 4) is 0 Å². The molecule has 1 heterocycles. The van der Waals surface area contributed by atoms with Crippen LogP contribution in [0.15, 0.2) is 47.5 Å². The Balaban J connectivity index is 2.44. The van der Waals surface area contributed by atoms with Crippen LogP contribution in [0, 0.1) is 0 Å². The Morgan fingerprint density at radius 3 is 2.62 bits per heavy atom. The fourth-order valence-corrected chi connectivity index (χ4v) is 2.55. The Morgan fingerprint density at radius 1 is 0.875 bits per heavy atom. The van der Waals surface area contributed by atoms with Crippen LogP contribution in [-0.2, 0) is 0 Å². The van der Waals surface area contributed by atoms with Crippen LogP contribution in [0.5, 0.6) is 0 Å². The fourth-order valence-electron chi connectivity index (χ4n) is 2.55. The second kappa shape index (κ2) is 2.70. The van der Waals surface area contributed by atoms with E-state index >= 15 is 0 Å². The van der Waals surface area contributed by atoms with Crippen molar-refractivity contribution in [2.45, 2.75) is 0 Å². The van der Waals surface area contributed by atoms with Gasteiger partial charge in [-0.05, 0) is 33.7 Å². The van der Waals surface area contributed by atoms with Gasteiger partial charge in [0.15, 0.2) is 0 Å². The second-order valence-electron chi connectivity index (χ2n) is 4.14. The van der Waals surface area contributed by atoms with E-state index in [1.165, 1.54) is 26.8 Å². The summed E-state index contributed by atoms with van der Waals surface area (Å²) in [6.07, 6.45) is 3.97. The van der Waals surface area contributed by atoms with E-state index in [9.17, 15) is 0 Å². The largest absolute Gasteiger partial charge is 0.256 e. The van der Waals surface area contributed by atoms with Crippen LogP contribution in [0.25, 0.3) is 27.6 Å². The van der Waals surface area contributed by atoms with Crippen molar-refractivity contribution in [3.63, 3.8) is 0 Å². The standard InChI is InChI=1S/C15H9N/c1-3-10-4-2-6-13-12-7-8-16-14(12)9-11(5-1)15(10)13/h1-9H. The highest BCUT2D eigenvalue weighted by molar-refractivity contribution is 6.14. The van der Waals surface area contributed by atoms with Gasteiger partial charge in [-0.2, -0.15) is 0 Å². The van der Waals surface area contributed by atoms with Crippen molar-refractivity contribution < 1.29 is 0 Å². The normalized spacial score (nSPS) is 13.2. The van der Waals surface area contributed by atoms with Crippen molar-refractivity contribution in [2.24, 2.45) is 4.99 Å². The topological polar surface area (TPSA) is 12.4 Å². The highest BCUT2D eigenvalue weighted by atomic mass is 14.7. The molecule has 16 heavy (non-hydrogen) atoms. The summed E-state index contributed by atoms with van der Waals surface area (Å²) in [4.78, 5) is 4.39. The lowest BCUT2D eigenvalue weighted by Crippen LogP contribution is -2.00. The molecule has 0 unspecified atom stereocenters. The lowest BCUT2D eigenvalue weighted by molar-refractivity contribution is 1.57. The van der Waals surface area contributed by atoms with Gasteiger partial charge in [0.2, 0.25) is 0 Å². The van der Waals surface area contributed by atoms with E-state index in [2.05, 4.69) is 53.5 Å². The summed E-state index contributed by atoms with van der Waals surface area (Å²) in [6, 6.07) is 15.1. The molecule has 1 aliphatic rings. The number of rotatable bonds is 0. The van der Waals surface area contributed by atoms with Crippen LogP contribution in [-0.4, -0.2) is 6.21 Å². The highest BCUT2D eigenvalue weighted by Crippen LogP contribution is 2.28. The molecule has 0 saturated carbocycles. The molecule has 0 atom stereocenters. The van der Waals surface area contributed by atoms with E-state index in [0.29, 0.717) is 0 Å². The van der Waals surface area contributed by atoms with E-state index in [4.69, 9.17) is 0 Å². The Labute approximate surface area is 92.7 Å². The maximum atomic E-state index is 4.39. The Bertz CT molecular complexity index is 792. The first-order chi connectivity index (χ1) is 7.93. The van der Waals surface area contributed by atoms with Gasteiger partial charge in [-0.3, -0.25) is 4.99 Å². The number of nitrogens with zero attached hydrogens (tertiary/aromatic N) is 1. The van der Waals surface area contributed by atoms with Crippen molar-refractivity contribution in [2.75, 3.05) is 0 Å².